The van der Waals surface area contributed by atoms with Crippen LogP contribution in [-0.4, -0.2) is 58.4 Å². The van der Waals surface area contributed by atoms with Crippen LogP contribution in [0.15, 0.2) is 35.5 Å². The van der Waals surface area contributed by atoms with Gasteiger partial charge in [-0.1, -0.05) is 35.5 Å². The molecule has 1 aromatic carbocycles. The summed E-state index contributed by atoms with van der Waals surface area (Å²) in [6.45, 7) is 1.34. The molecule has 2 aliphatic heterocycles. The first-order valence-corrected chi connectivity index (χ1v) is 8.66. The molecule has 2 fully saturated rings. The third kappa shape index (κ3) is 3.92. The summed E-state index contributed by atoms with van der Waals surface area (Å²) in [5, 5.41) is 11.8. The number of oxime groups is 1. The molecular formula is C18H23N3O4. The predicted octanol–water partition coefficient (Wildman–Crippen LogP) is 2.24. The fourth-order valence-electron chi connectivity index (χ4n) is 3.53. The highest BCUT2D eigenvalue weighted by Crippen LogP contribution is 2.25. The standard InChI is InChI=1S/C18H23N3O4/c22-17(20-10-4-8-15(20)12-19-24)16-9-5-11-21(16)18(23)25-13-14-6-2-1-3-7-14/h1-3,6-7,12,15-16,24H,4-5,8-11,13H2/t15-,16-/m0/s1. The highest BCUT2D eigenvalue weighted by Gasteiger charge is 2.40. The fourth-order valence-corrected chi connectivity index (χ4v) is 3.53. The Morgan fingerprint density at radius 3 is 2.64 bits per heavy atom. The van der Waals surface area contributed by atoms with Gasteiger partial charge in [-0.25, -0.2) is 4.79 Å². The summed E-state index contributed by atoms with van der Waals surface area (Å²) in [4.78, 5) is 28.5. The van der Waals surface area contributed by atoms with Gasteiger partial charge in [-0.3, -0.25) is 9.69 Å². The molecule has 1 N–H and O–H groups in total. The van der Waals surface area contributed by atoms with Crippen molar-refractivity contribution < 1.29 is 19.5 Å². The van der Waals surface area contributed by atoms with Gasteiger partial charge in [0, 0.05) is 13.1 Å². The minimum Gasteiger partial charge on any atom is -0.445 e. The van der Waals surface area contributed by atoms with Gasteiger partial charge in [0.2, 0.25) is 5.91 Å². The maximum atomic E-state index is 12.9. The molecule has 7 nitrogen and oxygen atoms in total. The van der Waals surface area contributed by atoms with Gasteiger partial charge < -0.3 is 14.8 Å². The summed E-state index contributed by atoms with van der Waals surface area (Å²) in [5.74, 6) is -0.0865. The molecule has 2 amide bonds. The zero-order valence-electron chi connectivity index (χ0n) is 14.1. The van der Waals surface area contributed by atoms with Crippen molar-refractivity contribution in [2.45, 2.75) is 44.4 Å². The predicted molar refractivity (Wildman–Crippen MR) is 91.4 cm³/mol. The van der Waals surface area contributed by atoms with Crippen molar-refractivity contribution >= 4 is 18.2 Å². The Hall–Kier alpha value is -2.57. The third-order valence-electron chi connectivity index (χ3n) is 4.80. The van der Waals surface area contributed by atoms with E-state index in [0.717, 1.165) is 24.8 Å². The van der Waals surface area contributed by atoms with Crippen molar-refractivity contribution in [3.05, 3.63) is 35.9 Å². The molecule has 1 aromatic rings. The molecule has 0 saturated carbocycles. The molecule has 0 aromatic heterocycles. The van der Waals surface area contributed by atoms with Gasteiger partial charge in [0.05, 0.1) is 12.3 Å². The number of carbonyl (C=O) groups excluding carboxylic acids is 2. The van der Waals surface area contributed by atoms with Gasteiger partial charge in [-0.15, -0.1) is 0 Å². The van der Waals surface area contributed by atoms with E-state index in [1.165, 1.54) is 11.1 Å². The number of benzene rings is 1. The first kappa shape index (κ1) is 17.3. The Morgan fingerprint density at radius 2 is 1.88 bits per heavy atom. The Kier molecular flexibility index (Phi) is 5.53. The van der Waals surface area contributed by atoms with Gasteiger partial charge >= 0.3 is 6.09 Å². The number of nitrogens with zero attached hydrogens (tertiary/aromatic N) is 3. The molecule has 7 heteroatoms. The van der Waals surface area contributed by atoms with E-state index in [1.807, 2.05) is 30.3 Å². The lowest BCUT2D eigenvalue weighted by molar-refractivity contribution is -0.135. The molecule has 134 valence electrons. The van der Waals surface area contributed by atoms with Crippen LogP contribution in [0.4, 0.5) is 4.79 Å². The highest BCUT2D eigenvalue weighted by atomic mass is 16.6. The smallest absolute Gasteiger partial charge is 0.410 e. The first-order chi connectivity index (χ1) is 12.2. The van der Waals surface area contributed by atoms with Gasteiger partial charge in [0.25, 0.3) is 0 Å². The highest BCUT2D eigenvalue weighted by molar-refractivity contribution is 5.88. The van der Waals surface area contributed by atoms with Gasteiger partial charge in [-0.05, 0) is 31.2 Å². The van der Waals surface area contributed by atoms with E-state index in [-0.39, 0.29) is 18.6 Å². The Bertz CT molecular complexity index is 634. The van der Waals surface area contributed by atoms with Gasteiger partial charge in [-0.2, -0.15) is 0 Å². The molecule has 2 aliphatic rings. The van der Waals surface area contributed by atoms with Gasteiger partial charge in [0.1, 0.15) is 12.6 Å². The summed E-state index contributed by atoms with van der Waals surface area (Å²) < 4.78 is 5.38. The van der Waals surface area contributed by atoms with Crippen LogP contribution in [-0.2, 0) is 16.1 Å². The van der Waals surface area contributed by atoms with E-state index in [2.05, 4.69) is 5.16 Å². The van der Waals surface area contributed by atoms with Crippen molar-refractivity contribution in [2.75, 3.05) is 13.1 Å². The first-order valence-electron chi connectivity index (χ1n) is 8.66. The molecule has 25 heavy (non-hydrogen) atoms. The lowest BCUT2D eigenvalue weighted by Gasteiger charge is -2.29. The summed E-state index contributed by atoms with van der Waals surface area (Å²) in [7, 11) is 0. The lowest BCUT2D eigenvalue weighted by Crippen LogP contribution is -2.49. The summed E-state index contributed by atoms with van der Waals surface area (Å²) in [6.07, 6.45) is 4.00. The number of rotatable bonds is 4. The van der Waals surface area contributed by atoms with Crippen LogP contribution in [0, 0.1) is 0 Å². The largest absolute Gasteiger partial charge is 0.445 e. The molecule has 2 heterocycles. The number of hydrogen-bond donors (Lipinski definition) is 1. The van der Waals surface area contributed by atoms with Crippen molar-refractivity contribution in [1.29, 1.82) is 0 Å². The maximum Gasteiger partial charge on any atom is 0.410 e. The second-order valence-corrected chi connectivity index (χ2v) is 6.40. The van der Waals surface area contributed by atoms with Crippen molar-refractivity contribution in [2.24, 2.45) is 5.16 Å². The zero-order valence-corrected chi connectivity index (χ0v) is 14.1. The topological polar surface area (TPSA) is 82.4 Å². The second kappa shape index (κ2) is 8.00. The monoisotopic (exact) mass is 345 g/mol. The third-order valence-corrected chi connectivity index (χ3v) is 4.80. The molecule has 0 spiro atoms. The number of ether oxygens (including phenoxy) is 1. The van der Waals surface area contributed by atoms with Crippen LogP contribution in [0.2, 0.25) is 0 Å². The minimum absolute atomic E-state index is 0.0865. The molecular weight excluding hydrogens is 322 g/mol. The van der Waals surface area contributed by atoms with Crippen molar-refractivity contribution in [3.8, 4) is 0 Å². The van der Waals surface area contributed by atoms with E-state index < -0.39 is 12.1 Å². The van der Waals surface area contributed by atoms with E-state index in [1.54, 1.807) is 4.90 Å². The number of likely N-dealkylation sites (tertiary alicyclic amines) is 2. The quantitative estimate of drug-likeness (QED) is 0.515. The van der Waals surface area contributed by atoms with Gasteiger partial charge in [0.15, 0.2) is 0 Å². The Morgan fingerprint density at radius 1 is 1.16 bits per heavy atom. The average Bonchev–Trinajstić information content (AvgIpc) is 3.30. The molecule has 0 unspecified atom stereocenters. The van der Waals surface area contributed by atoms with E-state index in [0.29, 0.717) is 19.5 Å². The summed E-state index contributed by atoms with van der Waals surface area (Å²) in [5.41, 5.74) is 0.914. The summed E-state index contributed by atoms with van der Waals surface area (Å²) >= 11 is 0. The average molecular weight is 345 g/mol. The van der Waals surface area contributed by atoms with E-state index >= 15 is 0 Å². The normalized spacial score (nSPS) is 23.4. The molecule has 0 aliphatic carbocycles. The molecule has 3 rings (SSSR count). The van der Waals surface area contributed by atoms with Crippen LogP contribution in [0.1, 0.15) is 31.2 Å². The maximum absolute atomic E-state index is 12.9. The van der Waals surface area contributed by atoms with Crippen LogP contribution in [0.3, 0.4) is 0 Å². The van der Waals surface area contributed by atoms with Crippen LogP contribution in [0.5, 0.6) is 0 Å². The second-order valence-electron chi connectivity index (χ2n) is 6.40. The Balaban J connectivity index is 1.61. The van der Waals surface area contributed by atoms with Crippen molar-refractivity contribution in [3.63, 3.8) is 0 Å². The summed E-state index contributed by atoms with van der Waals surface area (Å²) in [6, 6.07) is 8.79. The Labute approximate surface area is 146 Å². The number of hydrogen-bond acceptors (Lipinski definition) is 5. The number of amides is 2. The lowest BCUT2D eigenvalue weighted by atomic mass is 10.1. The van der Waals surface area contributed by atoms with Crippen LogP contribution < -0.4 is 0 Å². The zero-order chi connectivity index (χ0) is 17.6. The van der Waals surface area contributed by atoms with Crippen molar-refractivity contribution in [1.82, 2.24) is 9.80 Å². The fraction of sp³-hybridized carbons (Fsp3) is 0.500. The number of carbonyl (C=O) groups is 2. The minimum atomic E-state index is -0.490. The van der Waals surface area contributed by atoms with E-state index in [9.17, 15) is 9.59 Å². The van der Waals surface area contributed by atoms with E-state index in [4.69, 9.17) is 9.94 Å². The molecule has 0 radical (unpaired) electrons. The molecule has 2 saturated heterocycles. The molecule has 2 atom stereocenters. The van der Waals surface area contributed by atoms with Crippen LogP contribution in [0.25, 0.3) is 0 Å². The SMILES string of the molecule is O=C([C@@H]1CCCN1C(=O)OCc1ccccc1)N1CCC[C@H]1C=NO. The van der Waals surface area contributed by atoms with Crippen LogP contribution >= 0.6 is 0 Å². The molecule has 0 bridgehead atoms.